The van der Waals surface area contributed by atoms with Gasteiger partial charge < -0.3 is 10.1 Å². The molecule has 0 saturated heterocycles. The van der Waals surface area contributed by atoms with Crippen LogP contribution in [0.3, 0.4) is 0 Å². The van der Waals surface area contributed by atoms with Crippen LogP contribution in [0.4, 0.5) is 0 Å². The van der Waals surface area contributed by atoms with Crippen LogP contribution in [-0.2, 0) is 9.53 Å². The van der Waals surface area contributed by atoms with E-state index in [1.807, 2.05) is 6.07 Å². The van der Waals surface area contributed by atoms with Gasteiger partial charge in [-0.1, -0.05) is 0 Å². The van der Waals surface area contributed by atoms with Crippen LogP contribution in [0.2, 0.25) is 0 Å². The molecule has 0 aliphatic carbocycles. The monoisotopic (exact) mass is 200 g/mol. The Morgan fingerprint density at radius 3 is 2.62 bits per heavy atom. The summed E-state index contributed by atoms with van der Waals surface area (Å²) in [7, 11) is 1.66. The molecule has 1 N–H and O–H groups in total. The molecule has 4 nitrogen and oxygen atoms in total. The van der Waals surface area contributed by atoms with Crippen molar-refractivity contribution in [2.75, 3.05) is 19.9 Å². The fourth-order valence-corrected chi connectivity index (χ4v) is 1.26. The summed E-state index contributed by atoms with van der Waals surface area (Å²) >= 11 is 1.30. The summed E-state index contributed by atoms with van der Waals surface area (Å²) in [6.07, 6.45) is 1.78. The van der Waals surface area contributed by atoms with E-state index >= 15 is 0 Å². The third kappa shape index (κ3) is 3.38. The Labute approximate surface area is 81.9 Å². The number of nitrogens with zero attached hydrogens (tertiary/aromatic N) is 1. The molecule has 0 atom stereocenters. The standard InChI is InChI=1S/C8H12N2O2S/c1-4-12-8(11)6(5-9)7(10-2)13-3/h10H,4H2,1-3H3/b7-6+. The maximum Gasteiger partial charge on any atom is 0.351 e. The van der Waals surface area contributed by atoms with Gasteiger partial charge in [0.2, 0.25) is 0 Å². The van der Waals surface area contributed by atoms with E-state index in [-0.39, 0.29) is 12.2 Å². The normalized spacial score (nSPS) is 11.2. The van der Waals surface area contributed by atoms with Crippen molar-refractivity contribution in [1.82, 2.24) is 5.32 Å². The maximum absolute atomic E-state index is 11.2. The van der Waals surface area contributed by atoms with Gasteiger partial charge in [-0.25, -0.2) is 4.79 Å². The number of nitriles is 1. The van der Waals surface area contributed by atoms with Gasteiger partial charge in [-0.15, -0.1) is 11.8 Å². The topological polar surface area (TPSA) is 62.1 Å². The Balaban J connectivity index is 4.77. The lowest BCUT2D eigenvalue weighted by Crippen LogP contribution is -2.14. The van der Waals surface area contributed by atoms with Crippen LogP contribution in [-0.4, -0.2) is 25.9 Å². The van der Waals surface area contributed by atoms with E-state index in [0.717, 1.165) is 0 Å². The molecular weight excluding hydrogens is 188 g/mol. The summed E-state index contributed by atoms with van der Waals surface area (Å²) in [6, 6.07) is 1.81. The molecule has 0 fully saturated rings. The molecule has 0 aliphatic heterocycles. The third-order valence-electron chi connectivity index (χ3n) is 1.25. The molecule has 0 saturated carbocycles. The minimum atomic E-state index is -0.580. The Kier molecular flexibility index (Phi) is 5.81. The molecule has 0 heterocycles. The first-order valence-electron chi connectivity index (χ1n) is 3.74. The highest BCUT2D eigenvalue weighted by Crippen LogP contribution is 2.13. The summed E-state index contributed by atoms with van der Waals surface area (Å²) in [5, 5.41) is 12.0. The van der Waals surface area contributed by atoms with Gasteiger partial charge in [0.25, 0.3) is 0 Å². The lowest BCUT2D eigenvalue weighted by atomic mass is 10.3. The molecule has 0 rings (SSSR count). The van der Waals surface area contributed by atoms with Crippen molar-refractivity contribution < 1.29 is 9.53 Å². The van der Waals surface area contributed by atoms with Crippen molar-refractivity contribution in [3.63, 3.8) is 0 Å². The van der Waals surface area contributed by atoms with Gasteiger partial charge in [-0.3, -0.25) is 0 Å². The van der Waals surface area contributed by atoms with Gasteiger partial charge in [0.15, 0.2) is 5.57 Å². The second-order valence-electron chi connectivity index (χ2n) is 1.99. The SMILES string of the molecule is CCOC(=O)/C(C#N)=C(\NC)SC. The molecule has 0 aliphatic rings. The molecular formula is C8H12N2O2S. The molecule has 0 aromatic carbocycles. The van der Waals surface area contributed by atoms with Crippen molar-refractivity contribution >= 4 is 17.7 Å². The zero-order chi connectivity index (χ0) is 10.3. The number of rotatable bonds is 4. The van der Waals surface area contributed by atoms with E-state index in [2.05, 4.69) is 5.32 Å². The summed E-state index contributed by atoms with van der Waals surface area (Å²) in [6.45, 7) is 1.97. The van der Waals surface area contributed by atoms with Crippen molar-refractivity contribution in [3.05, 3.63) is 10.6 Å². The second-order valence-corrected chi connectivity index (χ2v) is 2.81. The first-order valence-corrected chi connectivity index (χ1v) is 4.96. The summed E-state index contributed by atoms with van der Waals surface area (Å²) < 4.78 is 4.71. The molecule has 0 aromatic heterocycles. The molecule has 72 valence electrons. The van der Waals surface area contributed by atoms with Crippen molar-refractivity contribution in [2.24, 2.45) is 0 Å². The van der Waals surface area contributed by atoms with Crippen LogP contribution in [0.25, 0.3) is 0 Å². The lowest BCUT2D eigenvalue weighted by Gasteiger charge is -2.05. The van der Waals surface area contributed by atoms with Crippen LogP contribution in [0.15, 0.2) is 10.6 Å². The summed E-state index contributed by atoms with van der Waals surface area (Å²) in [4.78, 5) is 11.2. The van der Waals surface area contributed by atoms with E-state index < -0.39 is 5.97 Å². The first-order chi connectivity index (χ1) is 6.21. The number of thioether (sulfide) groups is 1. The van der Waals surface area contributed by atoms with Crippen LogP contribution in [0, 0.1) is 11.3 Å². The van der Waals surface area contributed by atoms with Crippen LogP contribution in [0.1, 0.15) is 6.92 Å². The van der Waals surface area contributed by atoms with Gasteiger partial charge in [0.05, 0.1) is 11.6 Å². The second kappa shape index (κ2) is 6.38. The predicted molar refractivity (Wildman–Crippen MR) is 51.8 cm³/mol. The quantitative estimate of drug-likeness (QED) is 0.414. The summed E-state index contributed by atoms with van der Waals surface area (Å²) in [5.41, 5.74) is 0.0249. The molecule has 0 radical (unpaired) electrons. The molecule has 0 amide bonds. The highest BCUT2D eigenvalue weighted by Gasteiger charge is 2.14. The minimum Gasteiger partial charge on any atom is -0.462 e. The zero-order valence-corrected chi connectivity index (χ0v) is 8.70. The van der Waals surface area contributed by atoms with Crippen molar-refractivity contribution in [1.29, 1.82) is 5.26 Å². The van der Waals surface area contributed by atoms with Crippen molar-refractivity contribution in [2.45, 2.75) is 6.92 Å². The van der Waals surface area contributed by atoms with Crippen molar-refractivity contribution in [3.8, 4) is 6.07 Å². The molecule has 13 heavy (non-hydrogen) atoms. The smallest absolute Gasteiger partial charge is 0.351 e. The van der Waals surface area contributed by atoms with E-state index in [4.69, 9.17) is 10.00 Å². The van der Waals surface area contributed by atoms with Gasteiger partial charge >= 0.3 is 5.97 Å². The van der Waals surface area contributed by atoms with E-state index in [1.54, 1.807) is 20.2 Å². The average Bonchev–Trinajstić information content (AvgIpc) is 2.14. The minimum absolute atomic E-state index is 0.0249. The molecule has 0 unspecified atom stereocenters. The Morgan fingerprint density at radius 2 is 2.31 bits per heavy atom. The van der Waals surface area contributed by atoms with E-state index in [1.165, 1.54) is 11.8 Å². The van der Waals surface area contributed by atoms with E-state index in [9.17, 15) is 4.79 Å². The number of hydrogen-bond acceptors (Lipinski definition) is 5. The lowest BCUT2D eigenvalue weighted by molar-refractivity contribution is -0.138. The maximum atomic E-state index is 11.2. The molecule has 0 aromatic rings. The number of esters is 1. The van der Waals surface area contributed by atoms with Crippen LogP contribution in [0.5, 0.6) is 0 Å². The molecule has 0 spiro atoms. The van der Waals surface area contributed by atoms with Gasteiger partial charge in [-0.05, 0) is 13.2 Å². The number of nitrogens with one attached hydrogen (secondary N) is 1. The average molecular weight is 200 g/mol. The van der Waals surface area contributed by atoms with Crippen LogP contribution < -0.4 is 5.32 Å². The van der Waals surface area contributed by atoms with Gasteiger partial charge in [0.1, 0.15) is 6.07 Å². The Hall–Kier alpha value is -1.15. The Morgan fingerprint density at radius 1 is 1.69 bits per heavy atom. The van der Waals surface area contributed by atoms with Gasteiger partial charge in [0, 0.05) is 7.05 Å². The molecule has 0 bridgehead atoms. The first kappa shape index (κ1) is 11.8. The third-order valence-corrected chi connectivity index (χ3v) is 2.07. The molecule has 5 heteroatoms. The zero-order valence-electron chi connectivity index (χ0n) is 7.88. The fourth-order valence-electron chi connectivity index (χ4n) is 0.722. The number of hydrogen-bond donors (Lipinski definition) is 1. The summed E-state index contributed by atoms with van der Waals surface area (Å²) in [5.74, 6) is -0.580. The number of carbonyl (C=O) groups is 1. The number of ether oxygens (including phenoxy) is 1. The highest BCUT2D eigenvalue weighted by atomic mass is 32.2. The van der Waals surface area contributed by atoms with Gasteiger partial charge in [-0.2, -0.15) is 5.26 Å². The number of carbonyl (C=O) groups excluding carboxylic acids is 1. The predicted octanol–water partition coefficient (Wildman–Crippen LogP) is 0.867. The highest BCUT2D eigenvalue weighted by molar-refractivity contribution is 8.02. The Bertz CT molecular complexity index is 249. The van der Waals surface area contributed by atoms with Crippen LogP contribution >= 0.6 is 11.8 Å². The van der Waals surface area contributed by atoms with E-state index in [0.29, 0.717) is 5.03 Å². The fraction of sp³-hybridized carbons (Fsp3) is 0.500. The largest absolute Gasteiger partial charge is 0.462 e.